The number of likely N-dealkylation sites (tertiary alicyclic amines) is 4. The van der Waals surface area contributed by atoms with Crippen molar-refractivity contribution in [3.63, 3.8) is 0 Å². The lowest BCUT2D eigenvalue weighted by Crippen LogP contribution is -2.30. The van der Waals surface area contributed by atoms with E-state index in [1.807, 2.05) is 18.2 Å². The van der Waals surface area contributed by atoms with Crippen molar-refractivity contribution >= 4 is 44.1 Å². The lowest BCUT2D eigenvalue weighted by atomic mass is 10.1. The molecule has 0 aliphatic carbocycles. The summed E-state index contributed by atoms with van der Waals surface area (Å²) in [6.07, 6.45) is 16.9. The monoisotopic (exact) mass is 1440 g/mol. The molecule has 4 aromatic heterocycles. The normalized spacial score (nSPS) is 15.3. The van der Waals surface area contributed by atoms with E-state index in [1.54, 1.807) is 0 Å². The molecule has 4 fully saturated rings. The van der Waals surface area contributed by atoms with Crippen LogP contribution in [0.3, 0.4) is 0 Å². The molecule has 0 bridgehead atoms. The van der Waals surface area contributed by atoms with Crippen LogP contribution in [0, 0.1) is 34.6 Å². The molecule has 4 aliphatic rings. The maximum Gasteiger partial charge on any atom is 0.124 e. The van der Waals surface area contributed by atoms with Crippen LogP contribution in [0.4, 0.5) is 0 Å². The number of imidazole rings is 4. The van der Waals surface area contributed by atoms with E-state index in [9.17, 15) is 0 Å². The Morgan fingerprint density at radius 3 is 1.02 bits per heavy atom. The van der Waals surface area contributed by atoms with Crippen molar-refractivity contribution in [2.24, 2.45) is 0 Å². The minimum Gasteiger partial charge on any atom is -0.492 e. The Balaban J connectivity index is 0.000000126. The van der Waals surface area contributed by atoms with Gasteiger partial charge in [-0.2, -0.15) is 0 Å². The van der Waals surface area contributed by atoms with Gasteiger partial charge < -0.3 is 37.2 Å². The molecular formula is C91H114N12O4. The summed E-state index contributed by atoms with van der Waals surface area (Å²) in [4.78, 5) is 29.8. The highest BCUT2D eigenvalue weighted by atomic mass is 16.5. The molecule has 0 N–H and O–H groups in total. The van der Waals surface area contributed by atoms with Crippen molar-refractivity contribution in [1.29, 1.82) is 0 Å². The van der Waals surface area contributed by atoms with E-state index in [4.69, 9.17) is 38.9 Å². The number of nitrogens with zero attached hydrogens (tertiary/aromatic N) is 12. The van der Waals surface area contributed by atoms with Crippen molar-refractivity contribution in [3.05, 3.63) is 239 Å². The highest BCUT2D eigenvalue weighted by molar-refractivity contribution is 5.78. The Labute approximate surface area is 635 Å². The van der Waals surface area contributed by atoms with Gasteiger partial charge in [0.1, 0.15) is 72.7 Å². The Bertz CT molecular complexity index is 4640. The summed E-state index contributed by atoms with van der Waals surface area (Å²) in [6.45, 7) is 31.8. The number of hydrogen-bond acceptors (Lipinski definition) is 12. The van der Waals surface area contributed by atoms with E-state index in [1.165, 1.54) is 185 Å². The first kappa shape index (κ1) is 75.9. The van der Waals surface area contributed by atoms with E-state index in [0.29, 0.717) is 26.4 Å². The fourth-order valence-corrected chi connectivity index (χ4v) is 15.5. The second kappa shape index (κ2) is 38.5. The zero-order valence-corrected chi connectivity index (χ0v) is 64.7. The third kappa shape index (κ3) is 20.7. The van der Waals surface area contributed by atoms with Gasteiger partial charge in [0, 0.05) is 0 Å². The molecule has 0 saturated carbocycles. The predicted molar refractivity (Wildman–Crippen MR) is 436 cm³/mol. The predicted octanol–water partition coefficient (Wildman–Crippen LogP) is 18.5. The van der Waals surface area contributed by atoms with Gasteiger partial charge in [0.15, 0.2) is 0 Å². The third-order valence-corrected chi connectivity index (χ3v) is 21.8. The molecule has 562 valence electrons. The number of benzene rings is 8. The van der Waals surface area contributed by atoms with E-state index in [2.05, 4.69) is 243 Å². The third-order valence-electron chi connectivity index (χ3n) is 21.8. The van der Waals surface area contributed by atoms with Crippen LogP contribution in [0.1, 0.15) is 141 Å². The van der Waals surface area contributed by atoms with Crippen LogP contribution in [0.5, 0.6) is 23.0 Å². The van der Waals surface area contributed by atoms with Crippen molar-refractivity contribution in [2.75, 3.05) is 78.8 Å². The minimum absolute atomic E-state index is 0.650. The minimum atomic E-state index is 0.650. The summed E-state index contributed by atoms with van der Waals surface area (Å²) in [5.41, 5.74) is 16.6. The molecule has 16 heteroatoms. The van der Waals surface area contributed by atoms with Crippen LogP contribution in [0.2, 0.25) is 0 Å². The number of aryl methyl sites for hydroxylation is 5. The highest BCUT2D eigenvalue weighted by Gasteiger charge is 2.22. The number of piperidine rings is 4. The molecular weight excluding hydrogens is 1330 g/mol. The number of para-hydroxylation sites is 9. The Hall–Kier alpha value is -9.32. The average Bonchev–Trinajstić information content (AvgIpc) is 1.67. The summed E-state index contributed by atoms with van der Waals surface area (Å²) in [6, 6.07) is 63.0. The maximum absolute atomic E-state index is 6.12. The highest BCUT2D eigenvalue weighted by Crippen LogP contribution is 2.28. The molecule has 107 heavy (non-hydrogen) atoms. The number of fused-ring (bicyclic) bond motifs is 4. The van der Waals surface area contributed by atoms with Gasteiger partial charge in [0.2, 0.25) is 0 Å². The van der Waals surface area contributed by atoms with Gasteiger partial charge in [-0.1, -0.05) is 136 Å². The molecule has 12 aromatic rings. The molecule has 0 unspecified atom stereocenters. The average molecular weight is 1440 g/mol. The van der Waals surface area contributed by atoms with Gasteiger partial charge in [-0.25, -0.2) is 19.9 Å². The van der Waals surface area contributed by atoms with Crippen LogP contribution >= 0.6 is 0 Å². The van der Waals surface area contributed by atoms with E-state index in [-0.39, 0.29) is 0 Å². The SMILES string of the molecule is CCc1ccc(OCCn2c(CN3CCCCC3)nc3ccccc32)cc1.Cc1ccc(C)c(OCCn2c(CN3CCCCC3)nc3ccccc32)c1.Cc1cccc(OCCn2c(CN3CCCCC3)nc3ccccc32)c1C.Cc1ccccc1OCCn1c(CN2CCCCC2)nc2ccccc21. The van der Waals surface area contributed by atoms with Gasteiger partial charge in [-0.05, 0) is 257 Å². The topological polar surface area (TPSA) is 121 Å². The number of rotatable bonds is 25. The van der Waals surface area contributed by atoms with Gasteiger partial charge in [-0.3, -0.25) is 19.6 Å². The molecule has 8 aromatic carbocycles. The van der Waals surface area contributed by atoms with Crippen molar-refractivity contribution < 1.29 is 18.9 Å². The molecule has 0 amide bonds. The largest absolute Gasteiger partial charge is 0.492 e. The molecule has 4 aliphatic heterocycles. The summed E-state index contributed by atoms with van der Waals surface area (Å²) >= 11 is 0. The first-order chi connectivity index (χ1) is 52.6. The van der Waals surface area contributed by atoms with Gasteiger partial charge in [0.05, 0.1) is 96.5 Å². The standard InChI is InChI=1S/3C23H29N3O.C22H27N3O/c1-18-9-8-12-22(19(18)2)27-16-15-26-21-11-5-4-10-20(21)24-23(26)17-25-13-6-3-7-14-25;1-18-10-11-19(2)22(16-18)27-15-14-26-21-9-5-4-8-20(21)24-23(26)17-25-12-6-3-7-13-25;1-2-19-10-12-20(13-11-19)27-17-16-26-22-9-5-4-8-21(22)24-23(26)18-25-14-6-3-7-15-25;1-18-9-3-6-12-21(18)26-16-15-25-20-11-5-4-10-19(20)23-22(25)17-24-13-7-2-8-14-24/h4-5,8-12H,3,6-7,13-17H2,1-2H3;4-5,8-11,16H,3,6-7,12-15,17H2,1-2H3;4-5,8-13H,2-3,6-7,14-18H2,1H3;3-6,9-12H,2,7-8,13-17H2,1H3. The molecule has 0 spiro atoms. The first-order valence-corrected chi connectivity index (χ1v) is 40.0. The molecule has 0 radical (unpaired) electrons. The van der Waals surface area contributed by atoms with Crippen LogP contribution in [-0.4, -0.2) is 137 Å². The maximum atomic E-state index is 6.12. The van der Waals surface area contributed by atoms with Crippen LogP contribution < -0.4 is 18.9 Å². The van der Waals surface area contributed by atoms with E-state index < -0.39 is 0 Å². The van der Waals surface area contributed by atoms with Crippen LogP contribution in [0.25, 0.3) is 44.1 Å². The van der Waals surface area contributed by atoms with Gasteiger partial charge in [0.25, 0.3) is 0 Å². The summed E-state index contributed by atoms with van der Waals surface area (Å²) in [7, 11) is 0. The number of hydrogen-bond donors (Lipinski definition) is 0. The second-order valence-electron chi connectivity index (χ2n) is 29.6. The Morgan fingerprint density at radius 2 is 0.626 bits per heavy atom. The van der Waals surface area contributed by atoms with Crippen LogP contribution in [-0.2, 0) is 58.8 Å². The summed E-state index contributed by atoms with van der Waals surface area (Å²) in [5, 5.41) is 0. The van der Waals surface area contributed by atoms with Gasteiger partial charge >= 0.3 is 0 Å². The van der Waals surface area contributed by atoms with Crippen LogP contribution in [0.15, 0.2) is 182 Å². The fourth-order valence-electron chi connectivity index (χ4n) is 15.5. The van der Waals surface area contributed by atoms with Crippen molar-refractivity contribution in [1.82, 2.24) is 57.8 Å². The Kier molecular flexibility index (Phi) is 27.3. The smallest absolute Gasteiger partial charge is 0.124 e. The quantitative estimate of drug-likeness (QED) is 0.0541. The summed E-state index contributed by atoms with van der Waals surface area (Å²) < 4.78 is 33.7. The van der Waals surface area contributed by atoms with E-state index >= 15 is 0 Å². The second-order valence-corrected chi connectivity index (χ2v) is 29.6. The molecule has 4 saturated heterocycles. The number of aromatic nitrogens is 8. The van der Waals surface area contributed by atoms with Crippen molar-refractivity contribution in [3.8, 4) is 23.0 Å². The zero-order chi connectivity index (χ0) is 73.5. The Morgan fingerprint density at radius 1 is 0.299 bits per heavy atom. The lowest BCUT2D eigenvalue weighted by molar-refractivity contribution is 0.211. The number of ether oxygens (including phenoxy) is 4. The van der Waals surface area contributed by atoms with Gasteiger partial charge in [-0.15, -0.1) is 0 Å². The fraction of sp³-hybridized carbons (Fsp3) is 0.429. The molecule has 16 rings (SSSR count). The first-order valence-electron chi connectivity index (χ1n) is 40.0. The summed E-state index contributed by atoms with van der Waals surface area (Å²) in [5.74, 6) is 8.49. The molecule has 16 nitrogen and oxygen atoms in total. The van der Waals surface area contributed by atoms with E-state index in [0.717, 1.165) is 127 Å². The lowest BCUT2D eigenvalue weighted by Gasteiger charge is -2.26. The molecule has 0 atom stereocenters. The van der Waals surface area contributed by atoms with Crippen molar-refractivity contribution in [2.45, 2.75) is 177 Å². The zero-order valence-electron chi connectivity index (χ0n) is 64.7. The molecule has 8 heterocycles.